The van der Waals surface area contributed by atoms with E-state index < -0.39 is 0 Å². The van der Waals surface area contributed by atoms with Gasteiger partial charge < -0.3 is 11.1 Å². The van der Waals surface area contributed by atoms with Gasteiger partial charge in [0.1, 0.15) is 5.82 Å². The van der Waals surface area contributed by atoms with E-state index in [4.69, 9.17) is 5.73 Å². The van der Waals surface area contributed by atoms with Gasteiger partial charge in [0.25, 0.3) is 0 Å². The number of hydrogen-bond donors (Lipinski definition) is 2. The van der Waals surface area contributed by atoms with E-state index in [1.165, 1.54) is 12.1 Å². The van der Waals surface area contributed by atoms with Crippen molar-refractivity contribution in [3.63, 3.8) is 0 Å². The molecule has 17 heavy (non-hydrogen) atoms. The van der Waals surface area contributed by atoms with E-state index in [0.717, 1.165) is 16.5 Å². The third-order valence-electron chi connectivity index (χ3n) is 2.43. The quantitative estimate of drug-likeness (QED) is 0.664. The Bertz CT molecular complexity index is 407. The lowest BCUT2D eigenvalue weighted by Gasteiger charge is -2.11. The van der Waals surface area contributed by atoms with Crippen molar-refractivity contribution in [1.29, 1.82) is 0 Å². The van der Waals surface area contributed by atoms with E-state index in [2.05, 4.69) is 33.2 Å². The van der Waals surface area contributed by atoms with E-state index in [1.807, 2.05) is 6.92 Å². The molecule has 0 aliphatic carbocycles. The third kappa shape index (κ3) is 4.73. The number of nitrogens with zero attached hydrogens (tertiary/aromatic N) is 1. The van der Waals surface area contributed by atoms with Gasteiger partial charge in [0.15, 0.2) is 5.96 Å². The molecule has 3 nitrogen and oxygen atoms in total. The second-order valence-electron chi connectivity index (χ2n) is 3.89. The third-order valence-corrected chi connectivity index (χ3v) is 3.21. The van der Waals surface area contributed by atoms with Gasteiger partial charge in [-0.1, -0.05) is 22.9 Å². The first-order chi connectivity index (χ1) is 8.02. The molecule has 0 spiro atoms. The molecule has 1 aromatic rings. The van der Waals surface area contributed by atoms with Crippen molar-refractivity contribution < 1.29 is 4.39 Å². The summed E-state index contributed by atoms with van der Waals surface area (Å²) in [4.78, 5) is 4.17. The number of rotatable bonds is 4. The fourth-order valence-electron chi connectivity index (χ4n) is 1.23. The van der Waals surface area contributed by atoms with Gasteiger partial charge in [0, 0.05) is 10.5 Å². The smallest absolute Gasteiger partial charge is 0.189 e. The summed E-state index contributed by atoms with van der Waals surface area (Å²) in [7, 11) is 0. The summed E-state index contributed by atoms with van der Waals surface area (Å²) in [5.41, 5.74) is 6.49. The van der Waals surface area contributed by atoms with Crippen LogP contribution >= 0.6 is 15.9 Å². The maximum absolute atomic E-state index is 13.0. The van der Waals surface area contributed by atoms with Gasteiger partial charge in [-0.05, 0) is 37.1 Å². The Balaban J connectivity index is 2.65. The highest BCUT2D eigenvalue weighted by Crippen LogP contribution is 2.18. The lowest BCUT2D eigenvalue weighted by Crippen LogP contribution is -2.38. The zero-order chi connectivity index (χ0) is 12.8. The molecule has 0 heterocycles. The predicted molar refractivity (Wildman–Crippen MR) is 72.3 cm³/mol. The van der Waals surface area contributed by atoms with Crippen molar-refractivity contribution in [3.8, 4) is 0 Å². The van der Waals surface area contributed by atoms with Crippen LogP contribution in [0.3, 0.4) is 0 Å². The molecule has 5 heteroatoms. The van der Waals surface area contributed by atoms with Crippen LogP contribution in [0.1, 0.15) is 25.8 Å². The van der Waals surface area contributed by atoms with Crippen molar-refractivity contribution in [2.45, 2.75) is 32.9 Å². The van der Waals surface area contributed by atoms with Crippen LogP contribution in [0.5, 0.6) is 0 Å². The van der Waals surface area contributed by atoms with Crippen LogP contribution in [0.15, 0.2) is 27.7 Å². The van der Waals surface area contributed by atoms with Crippen LogP contribution in [-0.4, -0.2) is 12.0 Å². The van der Waals surface area contributed by atoms with Crippen LogP contribution in [0.2, 0.25) is 0 Å². The lowest BCUT2D eigenvalue weighted by molar-refractivity contribution is 0.624. The number of aliphatic imine (C=N–C) groups is 1. The topological polar surface area (TPSA) is 50.4 Å². The molecule has 0 amide bonds. The molecule has 0 bridgehead atoms. The van der Waals surface area contributed by atoms with Gasteiger partial charge in [-0.25, -0.2) is 9.38 Å². The highest BCUT2D eigenvalue weighted by molar-refractivity contribution is 9.10. The molecule has 3 N–H and O–H groups in total. The summed E-state index contributed by atoms with van der Waals surface area (Å²) in [5, 5.41) is 3.05. The molecule has 0 saturated carbocycles. The van der Waals surface area contributed by atoms with E-state index in [0.29, 0.717) is 12.5 Å². The molecule has 1 aromatic carbocycles. The summed E-state index contributed by atoms with van der Waals surface area (Å²) in [5.74, 6) is 0.113. The fourth-order valence-corrected chi connectivity index (χ4v) is 1.61. The largest absolute Gasteiger partial charge is 0.370 e. The number of guanidine groups is 1. The van der Waals surface area contributed by atoms with Crippen LogP contribution in [-0.2, 0) is 6.54 Å². The Morgan fingerprint density at radius 1 is 1.59 bits per heavy atom. The van der Waals surface area contributed by atoms with Crippen molar-refractivity contribution in [1.82, 2.24) is 5.32 Å². The van der Waals surface area contributed by atoms with Crippen molar-refractivity contribution in [3.05, 3.63) is 34.1 Å². The average molecular weight is 302 g/mol. The van der Waals surface area contributed by atoms with E-state index in [1.54, 1.807) is 6.07 Å². The van der Waals surface area contributed by atoms with Crippen LogP contribution in [0, 0.1) is 5.82 Å². The van der Waals surface area contributed by atoms with E-state index in [-0.39, 0.29) is 11.9 Å². The van der Waals surface area contributed by atoms with Crippen LogP contribution in [0.25, 0.3) is 0 Å². The van der Waals surface area contributed by atoms with Crippen LogP contribution < -0.4 is 11.1 Å². The molecule has 0 aromatic heterocycles. The lowest BCUT2D eigenvalue weighted by atomic mass is 10.2. The zero-order valence-corrected chi connectivity index (χ0v) is 11.6. The summed E-state index contributed by atoms with van der Waals surface area (Å²) in [6, 6.07) is 4.80. The second-order valence-corrected chi connectivity index (χ2v) is 4.75. The van der Waals surface area contributed by atoms with Gasteiger partial charge in [-0.2, -0.15) is 0 Å². The van der Waals surface area contributed by atoms with Gasteiger partial charge in [-0.3, -0.25) is 0 Å². The predicted octanol–water partition coefficient (Wildman–Crippen LogP) is 2.79. The number of halogens is 2. The van der Waals surface area contributed by atoms with Gasteiger partial charge in [0.2, 0.25) is 0 Å². The summed E-state index contributed by atoms with van der Waals surface area (Å²) in [6.45, 7) is 4.45. The molecule has 0 saturated heterocycles. The van der Waals surface area contributed by atoms with Crippen LogP contribution in [0.4, 0.5) is 4.39 Å². The minimum atomic E-state index is -0.271. The monoisotopic (exact) mass is 301 g/mol. The first kappa shape index (κ1) is 14.0. The van der Waals surface area contributed by atoms with Gasteiger partial charge in [0.05, 0.1) is 6.54 Å². The fraction of sp³-hybridized carbons (Fsp3) is 0.417. The molecule has 0 fully saturated rings. The standard InChI is InChI=1S/C12H17BrFN3/c1-3-8(2)17-12(15)16-7-9-6-10(14)4-5-11(9)13/h4-6,8H,3,7H2,1-2H3,(H3,15,16,17). The molecule has 0 aliphatic rings. The zero-order valence-electron chi connectivity index (χ0n) is 10.0. The highest BCUT2D eigenvalue weighted by atomic mass is 79.9. The van der Waals surface area contributed by atoms with Crippen molar-refractivity contribution in [2.75, 3.05) is 0 Å². The number of hydrogen-bond acceptors (Lipinski definition) is 1. The first-order valence-electron chi connectivity index (χ1n) is 5.53. The second kappa shape index (κ2) is 6.59. The normalized spacial score (nSPS) is 13.5. The SMILES string of the molecule is CCC(C)NC(N)=NCc1cc(F)ccc1Br. The summed E-state index contributed by atoms with van der Waals surface area (Å²) in [6.07, 6.45) is 0.972. The molecular formula is C12H17BrFN3. The molecule has 1 unspecified atom stereocenters. The average Bonchev–Trinajstić information content (AvgIpc) is 2.30. The van der Waals surface area contributed by atoms with Crippen molar-refractivity contribution in [2.24, 2.45) is 10.7 Å². The highest BCUT2D eigenvalue weighted by Gasteiger charge is 2.02. The Kier molecular flexibility index (Phi) is 5.41. The van der Waals surface area contributed by atoms with E-state index in [9.17, 15) is 4.39 Å². The number of nitrogens with one attached hydrogen (secondary N) is 1. The number of nitrogens with two attached hydrogens (primary N) is 1. The summed E-state index contributed by atoms with van der Waals surface area (Å²) >= 11 is 3.35. The maximum Gasteiger partial charge on any atom is 0.189 e. The Labute approximate surface area is 109 Å². The molecule has 94 valence electrons. The van der Waals surface area contributed by atoms with E-state index >= 15 is 0 Å². The van der Waals surface area contributed by atoms with Gasteiger partial charge >= 0.3 is 0 Å². The molecule has 1 rings (SSSR count). The molecule has 1 atom stereocenters. The maximum atomic E-state index is 13.0. The summed E-state index contributed by atoms with van der Waals surface area (Å²) < 4.78 is 13.9. The minimum absolute atomic E-state index is 0.271. The Hall–Kier alpha value is -1.10. The van der Waals surface area contributed by atoms with Gasteiger partial charge in [-0.15, -0.1) is 0 Å². The Morgan fingerprint density at radius 3 is 2.94 bits per heavy atom. The minimum Gasteiger partial charge on any atom is -0.370 e. The first-order valence-corrected chi connectivity index (χ1v) is 6.32. The molecule has 0 radical (unpaired) electrons. The Morgan fingerprint density at radius 2 is 2.29 bits per heavy atom. The molecular weight excluding hydrogens is 285 g/mol. The number of benzene rings is 1. The van der Waals surface area contributed by atoms with Crippen molar-refractivity contribution >= 4 is 21.9 Å². The molecule has 0 aliphatic heterocycles.